The Morgan fingerprint density at radius 2 is 1.81 bits per heavy atom. The second-order valence-corrected chi connectivity index (χ2v) is 8.17. The highest BCUT2D eigenvalue weighted by Gasteiger charge is 2.42. The first-order valence-electron chi connectivity index (χ1n) is 10.5. The molecule has 0 atom stereocenters. The minimum atomic E-state index is -0.437. The van der Waals surface area contributed by atoms with Crippen LogP contribution in [0.25, 0.3) is 10.9 Å². The van der Waals surface area contributed by atoms with Crippen LogP contribution in [0.5, 0.6) is 0 Å². The molecular weight excluding hydrogens is 382 g/mol. The van der Waals surface area contributed by atoms with Crippen molar-refractivity contribution in [3.8, 4) is 6.07 Å². The predicted octanol–water partition coefficient (Wildman–Crippen LogP) is 5.69. The zero-order valence-electron chi connectivity index (χ0n) is 17.9. The number of benzene rings is 2. The third-order valence-electron chi connectivity index (χ3n) is 6.08. The normalized spacial score (nSPS) is 18.0. The van der Waals surface area contributed by atoms with Gasteiger partial charge in [-0.05, 0) is 53.5 Å². The molecule has 0 aromatic heterocycles. The molecule has 1 aliphatic heterocycles. The highest BCUT2D eigenvalue weighted by Crippen LogP contribution is 2.43. The Balaban J connectivity index is 1.63. The number of anilines is 1. The molecule has 0 N–H and O–H groups in total. The molecule has 1 aliphatic carbocycles. The van der Waals surface area contributed by atoms with E-state index in [1.54, 1.807) is 0 Å². The second kappa shape index (κ2) is 8.54. The maximum absolute atomic E-state index is 9.45. The standard InChI is InChI=1S/C27H25N3O/c1-4-30(3)24-12-9-20(10-13-24)11-14-25-15-23(26(19-28)29-2)18-27(31-25)16-21-7-5-6-8-22(21)17-27/h5-15H,4,16-18H2,1,3H3. The summed E-state index contributed by atoms with van der Waals surface area (Å²) in [5.74, 6) is 0.695. The zero-order chi connectivity index (χ0) is 21.8. The Labute approximate surface area is 184 Å². The first kappa shape index (κ1) is 20.5. The maximum Gasteiger partial charge on any atom is 0.265 e. The lowest BCUT2D eigenvalue weighted by Gasteiger charge is -2.35. The molecule has 2 aliphatic rings. The molecule has 0 bridgehead atoms. The van der Waals surface area contributed by atoms with Crippen LogP contribution >= 0.6 is 0 Å². The Kier molecular flexibility index (Phi) is 5.65. The Bertz CT molecular complexity index is 1120. The van der Waals surface area contributed by atoms with E-state index >= 15 is 0 Å². The van der Waals surface area contributed by atoms with Gasteiger partial charge in [-0.25, -0.2) is 10.1 Å². The minimum absolute atomic E-state index is 0.150. The fraction of sp³-hybridized carbons (Fsp3) is 0.259. The van der Waals surface area contributed by atoms with Crippen molar-refractivity contribution < 1.29 is 4.74 Å². The van der Waals surface area contributed by atoms with Crippen LogP contribution in [0.2, 0.25) is 0 Å². The number of hydrogen-bond donors (Lipinski definition) is 0. The lowest BCUT2D eigenvalue weighted by Crippen LogP contribution is -2.36. The summed E-state index contributed by atoms with van der Waals surface area (Å²) in [6.45, 7) is 10.5. The highest BCUT2D eigenvalue weighted by atomic mass is 16.5. The van der Waals surface area contributed by atoms with Gasteiger partial charge in [0, 0.05) is 38.5 Å². The summed E-state index contributed by atoms with van der Waals surface area (Å²) in [6, 6.07) is 18.8. The largest absolute Gasteiger partial charge is 0.486 e. The fourth-order valence-electron chi connectivity index (χ4n) is 4.35. The highest BCUT2D eigenvalue weighted by molar-refractivity contribution is 5.58. The molecule has 1 spiro atoms. The van der Waals surface area contributed by atoms with Crippen LogP contribution in [0, 0.1) is 17.9 Å². The third kappa shape index (κ3) is 4.25. The Morgan fingerprint density at radius 1 is 1.13 bits per heavy atom. The van der Waals surface area contributed by atoms with Gasteiger partial charge >= 0.3 is 0 Å². The van der Waals surface area contributed by atoms with Gasteiger partial charge in [0.2, 0.25) is 0 Å². The molecular formula is C27H25N3O. The summed E-state index contributed by atoms with van der Waals surface area (Å²) in [4.78, 5) is 5.65. The van der Waals surface area contributed by atoms with Crippen molar-refractivity contribution in [1.29, 1.82) is 5.26 Å². The van der Waals surface area contributed by atoms with Gasteiger partial charge in [0.05, 0.1) is 12.6 Å². The monoisotopic (exact) mass is 407 g/mol. The van der Waals surface area contributed by atoms with Gasteiger partial charge in [-0.15, -0.1) is 0 Å². The lowest BCUT2D eigenvalue weighted by atomic mass is 9.87. The first-order valence-corrected chi connectivity index (χ1v) is 10.5. The number of fused-ring (bicyclic) bond motifs is 1. The van der Waals surface area contributed by atoms with Crippen molar-refractivity contribution in [2.24, 2.45) is 0 Å². The number of nitrogens with zero attached hydrogens (tertiary/aromatic N) is 3. The maximum atomic E-state index is 9.45. The van der Waals surface area contributed by atoms with E-state index in [0.29, 0.717) is 12.2 Å². The molecule has 0 radical (unpaired) electrons. The number of rotatable bonds is 4. The van der Waals surface area contributed by atoms with E-state index in [2.05, 4.69) is 66.2 Å². The van der Waals surface area contributed by atoms with Crippen LogP contribution in [0.4, 0.5) is 5.69 Å². The van der Waals surface area contributed by atoms with E-state index in [-0.39, 0.29) is 5.70 Å². The SMILES string of the molecule is [C-]#[N+]C(C#N)=C1C=C(C=Cc2ccc(N(C)CC)cc2)OC2(C1)Cc1ccccc1C2. The summed E-state index contributed by atoms with van der Waals surface area (Å²) in [7, 11) is 2.07. The summed E-state index contributed by atoms with van der Waals surface area (Å²) < 4.78 is 6.51. The smallest absolute Gasteiger partial charge is 0.265 e. The molecule has 4 heteroatoms. The van der Waals surface area contributed by atoms with E-state index < -0.39 is 5.60 Å². The summed E-state index contributed by atoms with van der Waals surface area (Å²) in [5.41, 5.74) is 5.29. The fourth-order valence-corrected chi connectivity index (χ4v) is 4.35. The van der Waals surface area contributed by atoms with Gasteiger partial charge in [0.15, 0.2) is 0 Å². The van der Waals surface area contributed by atoms with Crippen molar-refractivity contribution in [3.63, 3.8) is 0 Å². The van der Waals surface area contributed by atoms with Crippen molar-refractivity contribution in [1.82, 2.24) is 0 Å². The van der Waals surface area contributed by atoms with Crippen molar-refractivity contribution >= 4 is 11.8 Å². The van der Waals surface area contributed by atoms with Crippen molar-refractivity contribution in [3.05, 3.63) is 106 Å². The van der Waals surface area contributed by atoms with Crippen LogP contribution in [0.3, 0.4) is 0 Å². The number of hydrogen-bond acceptors (Lipinski definition) is 3. The van der Waals surface area contributed by atoms with E-state index in [9.17, 15) is 5.26 Å². The Morgan fingerprint density at radius 3 is 2.39 bits per heavy atom. The molecule has 0 saturated heterocycles. The van der Waals surface area contributed by atoms with Crippen LogP contribution in [-0.4, -0.2) is 19.2 Å². The first-order chi connectivity index (χ1) is 15.1. The minimum Gasteiger partial charge on any atom is -0.486 e. The lowest BCUT2D eigenvalue weighted by molar-refractivity contribution is 0.0108. The van der Waals surface area contributed by atoms with Gasteiger partial charge in [-0.1, -0.05) is 42.5 Å². The van der Waals surface area contributed by atoms with Gasteiger partial charge < -0.3 is 9.64 Å². The molecule has 1 heterocycles. The molecule has 154 valence electrons. The van der Waals surface area contributed by atoms with Crippen molar-refractivity contribution in [2.75, 3.05) is 18.5 Å². The summed E-state index contributed by atoms with van der Waals surface area (Å²) in [5, 5.41) is 9.45. The topological polar surface area (TPSA) is 40.6 Å². The van der Waals surface area contributed by atoms with Crippen LogP contribution in [0.15, 0.2) is 77.7 Å². The average Bonchev–Trinajstić information content (AvgIpc) is 3.14. The van der Waals surface area contributed by atoms with Gasteiger partial charge in [-0.2, -0.15) is 0 Å². The van der Waals surface area contributed by atoms with Crippen LogP contribution < -0.4 is 4.90 Å². The number of allylic oxidation sites excluding steroid dienone is 3. The van der Waals surface area contributed by atoms with E-state index in [4.69, 9.17) is 11.3 Å². The van der Waals surface area contributed by atoms with Gasteiger partial charge in [0.1, 0.15) is 11.4 Å². The Hall–Kier alpha value is -3.76. The molecule has 0 amide bonds. The molecule has 2 aromatic carbocycles. The second-order valence-electron chi connectivity index (χ2n) is 8.17. The molecule has 31 heavy (non-hydrogen) atoms. The molecule has 0 saturated carbocycles. The molecule has 4 rings (SSSR count). The molecule has 2 aromatic rings. The quantitative estimate of drug-likeness (QED) is 0.483. The predicted molar refractivity (Wildman–Crippen MR) is 124 cm³/mol. The van der Waals surface area contributed by atoms with Crippen molar-refractivity contribution in [2.45, 2.75) is 31.8 Å². The molecule has 4 nitrogen and oxygen atoms in total. The van der Waals surface area contributed by atoms with Gasteiger partial charge in [-0.3, -0.25) is 0 Å². The van der Waals surface area contributed by atoms with Gasteiger partial charge in [0.25, 0.3) is 5.70 Å². The zero-order valence-corrected chi connectivity index (χ0v) is 17.9. The molecule has 0 unspecified atom stereocenters. The third-order valence-corrected chi connectivity index (χ3v) is 6.08. The van der Waals surface area contributed by atoms with E-state index in [1.807, 2.05) is 30.4 Å². The summed E-state index contributed by atoms with van der Waals surface area (Å²) in [6.07, 6.45) is 7.95. The number of nitriles is 1. The van der Waals surface area contributed by atoms with E-state index in [1.165, 1.54) is 16.8 Å². The molecule has 0 fully saturated rings. The average molecular weight is 408 g/mol. The van der Waals surface area contributed by atoms with E-state index in [0.717, 1.165) is 30.5 Å². The summed E-state index contributed by atoms with van der Waals surface area (Å²) >= 11 is 0. The number of ether oxygens (including phenoxy) is 1. The van der Waals surface area contributed by atoms with Crippen LogP contribution in [0.1, 0.15) is 30.0 Å². The van der Waals surface area contributed by atoms with Crippen LogP contribution in [-0.2, 0) is 17.6 Å².